The number of anilines is 1. The summed E-state index contributed by atoms with van der Waals surface area (Å²) in [7, 11) is 2.02. The number of nitrogens with zero attached hydrogens (tertiary/aromatic N) is 6. The first-order valence-corrected chi connectivity index (χ1v) is 9.25. The zero-order valence-electron chi connectivity index (χ0n) is 14.5. The molecule has 4 aromatic heterocycles. The molecule has 5 rings (SSSR count). The summed E-state index contributed by atoms with van der Waals surface area (Å²) in [6.45, 7) is 2.63. The minimum Gasteiger partial charge on any atom is -0.404 e. The molecule has 138 valence electrons. The summed E-state index contributed by atoms with van der Waals surface area (Å²) in [4.78, 5) is 9.64. The number of halogens is 1. The second kappa shape index (κ2) is 6.13. The minimum atomic E-state index is -1.40. The summed E-state index contributed by atoms with van der Waals surface area (Å²) in [6, 6.07) is 8.01. The number of nitrogens with one attached hydrogen (secondary N) is 1. The van der Waals surface area contributed by atoms with Crippen LogP contribution in [0, 0.1) is 6.92 Å². The number of imidazole rings is 1. The molecule has 10 heteroatoms. The average molecular weight is 385 g/mol. The van der Waals surface area contributed by atoms with Crippen LogP contribution in [0.4, 0.5) is 10.4 Å². The Labute approximate surface area is 156 Å². The van der Waals surface area contributed by atoms with Crippen LogP contribution in [0.3, 0.4) is 0 Å². The van der Waals surface area contributed by atoms with Crippen molar-refractivity contribution in [1.82, 2.24) is 29.8 Å². The third-order valence-corrected chi connectivity index (χ3v) is 5.10. The third-order valence-electron chi connectivity index (χ3n) is 4.81. The number of pyridine rings is 1. The van der Waals surface area contributed by atoms with Gasteiger partial charge in [0.2, 0.25) is 0 Å². The highest BCUT2D eigenvalue weighted by Gasteiger charge is 2.36. The molecular formula is C17H17FN7OP. The van der Waals surface area contributed by atoms with Crippen molar-refractivity contribution in [2.24, 2.45) is 0 Å². The molecule has 4 aromatic rings. The molecule has 3 atom stereocenters. The van der Waals surface area contributed by atoms with Crippen LogP contribution in [0.2, 0.25) is 0 Å². The van der Waals surface area contributed by atoms with Gasteiger partial charge in [0, 0.05) is 24.4 Å². The zero-order chi connectivity index (χ0) is 18.5. The van der Waals surface area contributed by atoms with Crippen LogP contribution < -0.4 is 4.90 Å². The van der Waals surface area contributed by atoms with E-state index in [0.717, 1.165) is 34.7 Å². The number of H-pyrrole nitrogens is 1. The number of aryl methyl sites for hydroxylation is 1. The summed E-state index contributed by atoms with van der Waals surface area (Å²) in [5.41, 5.74) is 4.77. The largest absolute Gasteiger partial charge is 0.404 e. The van der Waals surface area contributed by atoms with Gasteiger partial charge in [0.05, 0.1) is 23.2 Å². The fourth-order valence-corrected chi connectivity index (χ4v) is 3.68. The Kier molecular flexibility index (Phi) is 3.72. The number of hydrogen-bond acceptors (Lipinski definition) is 6. The van der Waals surface area contributed by atoms with E-state index >= 15 is 0 Å². The number of alkyl halides is 1. The van der Waals surface area contributed by atoms with E-state index in [1.807, 2.05) is 49.8 Å². The molecule has 0 spiro atoms. The second-order valence-corrected chi connectivity index (χ2v) is 7.10. The van der Waals surface area contributed by atoms with Gasteiger partial charge in [-0.2, -0.15) is 5.10 Å². The van der Waals surface area contributed by atoms with Crippen molar-refractivity contribution in [3.8, 4) is 0 Å². The summed E-state index contributed by atoms with van der Waals surface area (Å²) in [5, 5.41) is 12.6. The smallest absolute Gasteiger partial charge is 0.319 e. The van der Waals surface area contributed by atoms with E-state index in [9.17, 15) is 4.39 Å². The molecule has 8 nitrogen and oxygen atoms in total. The lowest BCUT2D eigenvalue weighted by molar-refractivity contribution is 0.365. The molecule has 0 saturated carbocycles. The van der Waals surface area contributed by atoms with E-state index in [-0.39, 0.29) is 17.9 Å². The van der Waals surface area contributed by atoms with Crippen molar-refractivity contribution >= 4 is 20.8 Å². The van der Waals surface area contributed by atoms with Crippen LogP contribution in [0.5, 0.6) is 0 Å². The van der Waals surface area contributed by atoms with Gasteiger partial charge in [-0.15, -0.1) is 5.10 Å². The molecule has 5 heterocycles. The number of rotatable bonds is 3. The SMILES string of the molecule is Cc1cccc2cc([C@H]3c4nc[nH]c4CCN3c3nnc(C(F)P)o3)nn12. The normalized spacial score (nSPS) is 18.0. The summed E-state index contributed by atoms with van der Waals surface area (Å²) in [6.07, 6.45) is 2.43. The number of hydrogen-bond donors (Lipinski definition) is 1. The third kappa shape index (κ3) is 2.61. The average Bonchev–Trinajstić information content (AvgIpc) is 3.39. The van der Waals surface area contributed by atoms with Crippen LogP contribution in [0.1, 0.15) is 40.6 Å². The maximum atomic E-state index is 13.5. The Morgan fingerprint density at radius 2 is 2.26 bits per heavy atom. The molecule has 2 unspecified atom stereocenters. The van der Waals surface area contributed by atoms with Gasteiger partial charge >= 0.3 is 6.01 Å². The Hall–Kier alpha value is -2.80. The van der Waals surface area contributed by atoms with Crippen molar-refractivity contribution in [3.05, 3.63) is 59.3 Å². The standard InChI is InChI=1S/C17H17FN7OP/c1-9-3-2-4-10-7-12(23-25(9)10)14-13-11(19-8-20-13)5-6-24(14)17-22-21-16(26-17)15(18)27/h2-4,7-8,14-15H,5-6,27H2,1H3,(H,19,20)/t14-,15?/m0/s1. The van der Waals surface area contributed by atoms with Gasteiger partial charge in [0.25, 0.3) is 5.89 Å². The summed E-state index contributed by atoms with van der Waals surface area (Å²) in [5.74, 6) is -1.46. The van der Waals surface area contributed by atoms with Gasteiger partial charge in [0.1, 0.15) is 6.04 Å². The minimum absolute atomic E-state index is 0.0626. The highest BCUT2D eigenvalue weighted by molar-refractivity contribution is 7.16. The summed E-state index contributed by atoms with van der Waals surface area (Å²) < 4.78 is 21.0. The van der Waals surface area contributed by atoms with Crippen LogP contribution in [-0.2, 0) is 6.42 Å². The van der Waals surface area contributed by atoms with Crippen molar-refractivity contribution in [2.75, 3.05) is 11.4 Å². The van der Waals surface area contributed by atoms with Crippen LogP contribution in [0.25, 0.3) is 5.52 Å². The molecule has 0 aromatic carbocycles. The molecule has 0 amide bonds. The first kappa shape index (κ1) is 16.4. The molecule has 0 saturated heterocycles. The van der Waals surface area contributed by atoms with E-state index < -0.39 is 5.91 Å². The van der Waals surface area contributed by atoms with E-state index in [0.29, 0.717) is 6.54 Å². The lowest BCUT2D eigenvalue weighted by Gasteiger charge is -2.32. The van der Waals surface area contributed by atoms with E-state index in [1.54, 1.807) is 6.33 Å². The molecule has 0 aliphatic carbocycles. The van der Waals surface area contributed by atoms with Crippen molar-refractivity contribution in [3.63, 3.8) is 0 Å². The monoisotopic (exact) mass is 385 g/mol. The molecule has 27 heavy (non-hydrogen) atoms. The van der Waals surface area contributed by atoms with Crippen molar-refractivity contribution in [2.45, 2.75) is 25.3 Å². The van der Waals surface area contributed by atoms with Gasteiger partial charge in [0.15, 0.2) is 5.91 Å². The first-order chi connectivity index (χ1) is 13.1. The van der Waals surface area contributed by atoms with Gasteiger partial charge in [-0.05, 0) is 25.1 Å². The van der Waals surface area contributed by atoms with Crippen molar-refractivity contribution < 1.29 is 8.81 Å². The Balaban J connectivity index is 1.65. The number of aromatic nitrogens is 6. The maximum absolute atomic E-state index is 13.5. The fourth-order valence-electron chi connectivity index (χ4n) is 3.54. The quantitative estimate of drug-likeness (QED) is 0.546. The lowest BCUT2D eigenvalue weighted by atomic mass is 10.0. The Bertz CT molecular complexity index is 1120. The molecule has 1 aliphatic rings. The maximum Gasteiger partial charge on any atom is 0.319 e. The van der Waals surface area contributed by atoms with Crippen LogP contribution in [0.15, 0.2) is 35.0 Å². The van der Waals surface area contributed by atoms with Gasteiger partial charge in [-0.1, -0.05) is 20.4 Å². The molecule has 0 fully saturated rings. The topological polar surface area (TPSA) is 88.1 Å². The predicted molar refractivity (Wildman–Crippen MR) is 99.3 cm³/mol. The molecular weight excluding hydrogens is 368 g/mol. The number of aromatic amines is 1. The lowest BCUT2D eigenvalue weighted by Crippen LogP contribution is -2.37. The van der Waals surface area contributed by atoms with Crippen molar-refractivity contribution in [1.29, 1.82) is 0 Å². The van der Waals surface area contributed by atoms with E-state index in [4.69, 9.17) is 9.52 Å². The highest BCUT2D eigenvalue weighted by Crippen LogP contribution is 2.37. The van der Waals surface area contributed by atoms with Gasteiger partial charge in [-0.25, -0.2) is 13.9 Å². The van der Waals surface area contributed by atoms with Gasteiger partial charge in [-0.3, -0.25) is 0 Å². The fraction of sp³-hybridized carbons (Fsp3) is 0.294. The van der Waals surface area contributed by atoms with E-state index in [1.165, 1.54) is 0 Å². The summed E-state index contributed by atoms with van der Waals surface area (Å²) >= 11 is 0. The number of fused-ring (bicyclic) bond motifs is 2. The van der Waals surface area contributed by atoms with Crippen LogP contribution >= 0.6 is 9.24 Å². The predicted octanol–water partition coefficient (Wildman–Crippen LogP) is 2.74. The molecule has 0 bridgehead atoms. The zero-order valence-corrected chi connectivity index (χ0v) is 15.7. The second-order valence-electron chi connectivity index (χ2n) is 6.51. The van der Waals surface area contributed by atoms with Crippen LogP contribution in [-0.4, -0.2) is 36.3 Å². The molecule has 0 radical (unpaired) electrons. The molecule has 1 aliphatic heterocycles. The van der Waals surface area contributed by atoms with Gasteiger partial charge < -0.3 is 14.3 Å². The Morgan fingerprint density at radius 3 is 3.04 bits per heavy atom. The molecule has 1 N–H and O–H groups in total. The first-order valence-electron chi connectivity index (χ1n) is 8.59. The Morgan fingerprint density at radius 1 is 1.37 bits per heavy atom. The highest BCUT2D eigenvalue weighted by atomic mass is 31.0. The van der Waals surface area contributed by atoms with E-state index in [2.05, 4.69) is 20.2 Å².